The van der Waals surface area contributed by atoms with E-state index in [1.807, 2.05) is 24.3 Å². The molecule has 0 bridgehead atoms. The number of amides is 1. The van der Waals surface area contributed by atoms with Crippen LogP contribution < -0.4 is 11.1 Å². The Hall–Kier alpha value is -3.02. The van der Waals surface area contributed by atoms with E-state index in [9.17, 15) is 9.90 Å². The molecule has 2 aromatic rings. The first-order valence-electron chi connectivity index (χ1n) is 7.79. The van der Waals surface area contributed by atoms with E-state index in [0.717, 1.165) is 22.7 Å². The molecule has 0 saturated heterocycles. The predicted molar refractivity (Wildman–Crippen MR) is 90.4 cm³/mol. The molecule has 124 valence electrons. The normalized spacial score (nSPS) is 13.9. The fraction of sp³-hybridized carbons (Fsp3) is 0.222. The van der Waals surface area contributed by atoms with E-state index in [1.165, 1.54) is 0 Å². The van der Waals surface area contributed by atoms with Crippen LogP contribution in [-0.4, -0.2) is 27.6 Å². The van der Waals surface area contributed by atoms with Gasteiger partial charge in [0, 0.05) is 36.3 Å². The fourth-order valence-corrected chi connectivity index (χ4v) is 2.84. The molecule has 0 unspecified atom stereocenters. The molecule has 1 aliphatic heterocycles. The maximum Gasteiger partial charge on any atom is 0.223 e. The van der Waals surface area contributed by atoms with E-state index in [4.69, 9.17) is 5.73 Å². The van der Waals surface area contributed by atoms with Crippen molar-refractivity contribution in [2.45, 2.75) is 19.4 Å². The van der Waals surface area contributed by atoms with E-state index in [1.54, 1.807) is 24.4 Å². The highest BCUT2D eigenvalue weighted by Gasteiger charge is 2.23. The molecule has 2 heterocycles. The van der Waals surface area contributed by atoms with E-state index < -0.39 is 0 Å². The van der Waals surface area contributed by atoms with Crippen LogP contribution in [0.2, 0.25) is 0 Å². The third kappa shape index (κ3) is 3.84. The lowest BCUT2D eigenvalue weighted by atomic mass is 10.1. The number of phenolic OH excluding ortho intramolecular Hbond substituents is 1. The third-order valence-electron chi connectivity index (χ3n) is 3.92. The minimum absolute atomic E-state index is 0.175. The van der Waals surface area contributed by atoms with Crippen molar-refractivity contribution in [3.63, 3.8) is 0 Å². The van der Waals surface area contributed by atoms with Crippen molar-refractivity contribution in [3.8, 4) is 5.75 Å². The summed E-state index contributed by atoms with van der Waals surface area (Å²) < 4.78 is 0. The smallest absolute Gasteiger partial charge is 0.223 e. The zero-order valence-electron chi connectivity index (χ0n) is 13.3. The fourth-order valence-electron chi connectivity index (χ4n) is 2.84. The number of aromatic nitrogens is 1. The summed E-state index contributed by atoms with van der Waals surface area (Å²) >= 11 is 0. The van der Waals surface area contributed by atoms with Crippen LogP contribution >= 0.6 is 0 Å². The molecule has 0 radical (unpaired) electrons. The molecule has 0 saturated carbocycles. The van der Waals surface area contributed by atoms with Crippen LogP contribution in [0, 0.1) is 0 Å². The van der Waals surface area contributed by atoms with Gasteiger partial charge in [-0.3, -0.25) is 9.78 Å². The first-order chi connectivity index (χ1) is 11.6. The average molecular weight is 324 g/mol. The van der Waals surface area contributed by atoms with Crippen molar-refractivity contribution >= 4 is 5.91 Å². The minimum Gasteiger partial charge on any atom is -0.508 e. The topological polar surface area (TPSA) is 91.5 Å². The number of aromatic hydroxyl groups is 1. The number of nitrogens with zero attached hydrogens (tertiary/aromatic N) is 2. The monoisotopic (exact) mass is 324 g/mol. The molecule has 1 aromatic carbocycles. The lowest BCUT2D eigenvalue weighted by Gasteiger charge is -2.21. The van der Waals surface area contributed by atoms with Gasteiger partial charge < -0.3 is 21.1 Å². The Balaban J connectivity index is 1.82. The molecule has 1 amide bonds. The number of carbonyl (C=O) groups excluding carboxylic acids is 1. The number of hydrogen-bond acceptors (Lipinski definition) is 5. The Labute approximate surface area is 140 Å². The van der Waals surface area contributed by atoms with Gasteiger partial charge >= 0.3 is 0 Å². The van der Waals surface area contributed by atoms with Gasteiger partial charge in [0.2, 0.25) is 5.91 Å². The third-order valence-corrected chi connectivity index (χ3v) is 3.92. The second kappa shape index (κ2) is 7.04. The second-order valence-electron chi connectivity index (χ2n) is 5.77. The van der Waals surface area contributed by atoms with Gasteiger partial charge in [-0.15, -0.1) is 0 Å². The number of allylic oxidation sites excluding steroid dienone is 1. The lowest BCUT2D eigenvalue weighted by Crippen LogP contribution is -2.25. The van der Waals surface area contributed by atoms with Crippen molar-refractivity contribution in [3.05, 3.63) is 71.3 Å². The van der Waals surface area contributed by atoms with E-state index in [-0.39, 0.29) is 18.1 Å². The van der Waals surface area contributed by atoms with Crippen molar-refractivity contribution < 1.29 is 9.90 Å². The summed E-state index contributed by atoms with van der Waals surface area (Å²) in [5.41, 5.74) is 9.18. The molecule has 6 nitrogen and oxygen atoms in total. The first-order valence-corrected chi connectivity index (χ1v) is 7.79. The van der Waals surface area contributed by atoms with E-state index in [0.29, 0.717) is 19.6 Å². The first kappa shape index (κ1) is 15.9. The van der Waals surface area contributed by atoms with Crippen LogP contribution in [0.3, 0.4) is 0 Å². The summed E-state index contributed by atoms with van der Waals surface area (Å²) in [7, 11) is 0. The highest BCUT2D eigenvalue weighted by Crippen LogP contribution is 2.24. The Bertz CT molecular complexity index is 759. The Morgan fingerprint density at radius 3 is 2.88 bits per heavy atom. The van der Waals surface area contributed by atoms with Crippen molar-refractivity contribution in [1.29, 1.82) is 0 Å². The molecule has 3 rings (SSSR count). The lowest BCUT2D eigenvalue weighted by molar-refractivity contribution is -0.117. The van der Waals surface area contributed by atoms with Crippen LogP contribution in [0.25, 0.3) is 0 Å². The van der Waals surface area contributed by atoms with Gasteiger partial charge in [0.1, 0.15) is 5.75 Å². The molecular weight excluding hydrogens is 304 g/mol. The van der Waals surface area contributed by atoms with Gasteiger partial charge in [-0.2, -0.15) is 0 Å². The molecule has 0 aliphatic carbocycles. The number of pyridine rings is 1. The summed E-state index contributed by atoms with van der Waals surface area (Å²) in [5.74, 6) is -0.137. The molecule has 4 N–H and O–H groups in total. The number of hydrogen-bond donors (Lipinski definition) is 3. The molecule has 24 heavy (non-hydrogen) atoms. The zero-order chi connectivity index (χ0) is 16.9. The zero-order valence-corrected chi connectivity index (χ0v) is 13.3. The quantitative estimate of drug-likeness (QED) is 0.748. The molecule has 1 aliphatic rings. The molecular formula is C18H20N4O2. The SMILES string of the molecule is NC(=O)CC1=C(Cc2ccccn2)NCN1Cc1cccc(O)c1. The summed E-state index contributed by atoms with van der Waals surface area (Å²) in [6.07, 6.45) is 2.55. The Morgan fingerprint density at radius 2 is 2.17 bits per heavy atom. The van der Waals surface area contributed by atoms with E-state index in [2.05, 4.69) is 15.2 Å². The van der Waals surface area contributed by atoms with Crippen LogP contribution in [0.5, 0.6) is 5.75 Å². The van der Waals surface area contributed by atoms with Crippen molar-refractivity contribution in [2.24, 2.45) is 5.73 Å². The van der Waals surface area contributed by atoms with Gasteiger partial charge in [-0.1, -0.05) is 18.2 Å². The van der Waals surface area contributed by atoms with Crippen molar-refractivity contribution in [2.75, 3.05) is 6.67 Å². The number of primary amides is 1. The summed E-state index contributed by atoms with van der Waals surface area (Å²) in [5, 5.41) is 13.0. The minimum atomic E-state index is -0.367. The number of nitrogens with one attached hydrogen (secondary N) is 1. The van der Waals surface area contributed by atoms with Gasteiger partial charge in [0.05, 0.1) is 13.1 Å². The number of phenols is 1. The molecule has 0 spiro atoms. The molecule has 0 atom stereocenters. The Kier molecular flexibility index (Phi) is 4.65. The molecule has 1 aromatic heterocycles. The predicted octanol–water partition coefficient (Wildman–Crippen LogP) is 1.48. The Morgan fingerprint density at radius 1 is 1.29 bits per heavy atom. The maximum absolute atomic E-state index is 11.5. The largest absolute Gasteiger partial charge is 0.508 e. The van der Waals surface area contributed by atoms with Gasteiger partial charge in [0.15, 0.2) is 0 Å². The van der Waals surface area contributed by atoms with Gasteiger partial charge in [-0.05, 0) is 29.8 Å². The second-order valence-corrected chi connectivity index (χ2v) is 5.77. The summed E-state index contributed by atoms with van der Waals surface area (Å²) in [6, 6.07) is 12.9. The van der Waals surface area contributed by atoms with Crippen molar-refractivity contribution in [1.82, 2.24) is 15.2 Å². The average Bonchev–Trinajstić information content (AvgIpc) is 2.90. The van der Waals surface area contributed by atoms with Gasteiger partial charge in [0.25, 0.3) is 0 Å². The maximum atomic E-state index is 11.5. The number of nitrogens with two attached hydrogens (primary N) is 1. The van der Waals surface area contributed by atoms with Crippen LogP contribution in [0.15, 0.2) is 60.1 Å². The van der Waals surface area contributed by atoms with Crippen LogP contribution in [0.4, 0.5) is 0 Å². The molecule has 6 heteroatoms. The van der Waals surface area contributed by atoms with Crippen LogP contribution in [0.1, 0.15) is 17.7 Å². The van der Waals surface area contributed by atoms with Crippen LogP contribution in [-0.2, 0) is 17.8 Å². The highest BCUT2D eigenvalue weighted by molar-refractivity contribution is 5.76. The summed E-state index contributed by atoms with van der Waals surface area (Å²) in [4.78, 5) is 17.9. The number of carbonyl (C=O) groups is 1. The summed E-state index contributed by atoms with van der Waals surface area (Å²) in [6.45, 7) is 1.19. The molecule has 0 fully saturated rings. The number of rotatable bonds is 6. The van der Waals surface area contributed by atoms with E-state index >= 15 is 0 Å². The number of benzene rings is 1. The standard InChI is InChI=1S/C18H20N4O2/c19-18(24)10-17-16(9-14-5-1-2-7-20-14)21-12-22(17)11-13-4-3-6-15(23)8-13/h1-8,21,23H,9-12H2,(H2,19,24). The highest BCUT2D eigenvalue weighted by atomic mass is 16.3. The van der Waals surface area contributed by atoms with Gasteiger partial charge in [-0.25, -0.2) is 0 Å².